The van der Waals surface area contributed by atoms with E-state index in [0.29, 0.717) is 24.2 Å². The predicted molar refractivity (Wildman–Crippen MR) is 77.9 cm³/mol. The fourth-order valence-corrected chi connectivity index (χ4v) is 3.28. The van der Waals surface area contributed by atoms with Gasteiger partial charge in [-0.15, -0.1) is 0 Å². The second-order valence-electron chi connectivity index (χ2n) is 5.81. The van der Waals surface area contributed by atoms with Crippen molar-refractivity contribution in [1.82, 2.24) is 4.90 Å². The van der Waals surface area contributed by atoms with Crippen LogP contribution in [0.3, 0.4) is 0 Å². The summed E-state index contributed by atoms with van der Waals surface area (Å²) in [7, 11) is 0. The molecule has 2 fully saturated rings. The molecule has 1 aromatic carbocycles. The first-order chi connectivity index (χ1) is 10.2. The van der Waals surface area contributed by atoms with Crippen molar-refractivity contribution in [3.8, 4) is 0 Å². The van der Waals surface area contributed by atoms with E-state index >= 15 is 0 Å². The second-order valence-corrected chi connectivity index (χ2v) is 5.81. The quantitative estimate of drug-likeness (QED) is 0.855. The van der Waals surface area contributed by atoms with E-state index in [9.17, 15) is 13.6 Å². The summed E-state index contributed by atoms with van der Waals surface area (Å²) in [6, 6.07) is 4.28. The third kappa shape index (κ3) is 2.74. The Labute approximate surface area is 123 Å². The third-order valence-corrected chi connectivity index (χ3v) is 4.46. The Kier molecular flexibility index (Phi) is 4.08. The second kappa shape index (κ2) is 6.00. The van der Waals surface area contributed by atoms with Crippen LogP contribution in [0.4, 0.5) is 14.5 Å². The smallest absolute Gasteiger partial charge is 0.254 e. The molecule has 114 valence electrons. The van der Waals surface area contributed by atoms with Gasteiger partial charge >= 0.3 is 0 Å². The lowest BCUT2D eigenvalue weighted by molar-refractivity contribution is 0.0716. The normalized spacial score (nSPS) is 22.1. The number of benzene rings is 1. The lowest BCUT2D eigenvalue weighted by atomic mass is 10.1. The van der Waals surface area contributed by atoms with Gasteiger partial charge in [-0.05, 0) is 43.9 Å². The molecule has 5 heteroatoms. The Bertz CT molecular complexity index is 529. The maximum absolute atomic E-state index is 14.2. The number of hydrogen-bond acceptors (Lipinski definition) is 2. The fourth-order valence-electron chi connectivity index (χ4n) is 3.28. The summed E-state index contributed by atoms with van der Waals surface area (Å²) in [5, 5.41) is 0. The Balaban J connectivity index is 1.79. The number of anilines is 1. The Morgan fingerprint density at radius 3 is 2.62 bits per heavy atom. The van der Waals surface area contributed by atoms with E-state index in [1.807, 2.05) is 4.90 Å². The number of alkyl halides is 1. The van der Waals surface area contributed by atoms with Crippen LogP contribution in [0.25, 0.3) is 0 Å². The van der Waals surface area contributed by atoms with E-state index in [1.54, 1.807) is 12.1 Å². The molecule has 0 bridgehead atoms. The topological polar surface area (TPSA) is 23.6 Å². The van der Waals surface area contributed by atoms with E-state index in [4.69, 9.17) is 0 Å². The number of likely N-dealkylation sites (tertiary alicyclic amines) is 1. The minimum atomic E-state index is -0.528. The predicted octanol–water partition coefficient (Wildman–Crippen LogP) is 3.00. The lowest BCUT2D eigenvalue weighted by Crippen LogP contribution is -2.36. The summed E-state index contributed by atoms with van der Waals surface area (Å²) in [6.07, 6.45) is 3.66. The highest BCUT2D eigenvalue weighted by Gasteiger charge is 2.29. The average molecular weight is 294 g/mol. The van der Waals surface area contributed by atoms with Crippen LogP contribution in [-0.4, -0.2) is 43.2 Å². The van der Waals surface area contributed by atoms with Gasteiger partial charge in [0.25, 0.3) is 5.91 Å². The molecule has 2 saturated heterocycles. The third-order valence-electron chi connectivity index (χ3n) is 4.46. The van der Waals surface area contributed by atoms with Crippen molar-refractivity contribution in [2.24, 2.45) is 0 Å². The minimum absolute atomic E-state index is 0.262. The SMILES string of the molecule is O=C(c1ccc(N2CCCC2)c(F)c1)N1CCCC1CF. The van der Waals surface area contributed by atoms with Crippen LogP contribution in [-0.2, 0) is 0 Å². The van der Waals surface area contributed by atoms with Crippen LogP contribution in [0.5, 0.6) is 0 Å². The van der Waals surface area contributed by atoms with E-state index in [2.05, 4.69) is 0 Å². The van der Waals surface area contributed by atoms with E-state index in [-0.39, 0.29) is 17.8 Å². The number of amides is 1. The van der Waals surface area contributed by atoms with Gasteiger partial charge in [0.1, 0.15) is 12.5 Å². The molecule has 0 spiro atoms. The van der Waals surface area contributed by atoms with E-state index in [1.165, 1.54) is 11.0 Å². The summed E-state index contributed by atoms with van der Waals surface area (Å²) in [6.45, 7) is 1.75. The highest BCUT2D eigenvalue weighted by molar-refractivity contribution is 5.95. The zero-order valence-corrected chi connectivity index (χ0v) is 12.0. The monoisotopic (exact) mass is 294 g/mol. The highest BCUT2D eigenvalue weighted by atomic mass is 19.1. The molecule has 3 rings (SSSR count). The molecule has 0 saturated carbocycles. The molecule has 2 aliphatic heterocycles. The van der Waals surface area contributed by atoms with Crippen molar-refractivity contribution in [2.45, 2.75) is 31.7 Å². The lowest BCUT2D eigenvalue weighted by Gasteiger charge is -2.23. The number of rotatable bonds is 3. The number of halogens is 2. The molecule has 1 aromatic rings. The molecular weight excluding hydrogens is 274 g/mol. The van der Waals surface area contributed by atoms with Crippen molar-refractivity contribution in [3.05, 3.63) is 29.6 Å². The standard InChI is InChI=1S/C16H20F2N2O/c17-11-13-4-3-9-20(13)16(21)12-5-6-15(14(18)10-12)19-7-1-2-8-19/h5-6,10,13H,1-4,7-9,11H2. The van der Waals surface area contributed by atoms with Crippen molar-refractivity contribution in [3.63, 3.8) is 0 Å². The molecule has 1 amide bonds. The van der Waals surface area contributed by atoms with Crippen LogP contribution in [0, 0.1) is 5.82 Å². The summed E-state index contributed by atoms with van der Waals surface area (Å²) in [4.78, 5) is 15.9. The van der Waals surface area contributed by atoms with Crippen LogP contribution in [0.2, 0.25) is 0 Å². The first-order valence-corrected chi connectivity index (χ1v) is 7.62. The molecule has 3 nitrogen and oxygen atoms in total. The summed E-state index contributed by atoms with van der Waals surface area (Å²) < 4.78 is 27.1. The molecule has 0 radical (unpaired) electrons. The van der Waals surface area contributed by atoms with Crippen molar-refractivity contribution >= 4 is 11.6 Å². The molecule has 0 aliphatic carbocycles. The van der Waals surface area contributed by atoms with Gasteiger partial charge in [0.15, 0.2) is 0 Å². The van der Waals surface area contributed by atoms with Crippen molar-refractivity contribution in [2.75, 3.05) is 31.2 Å². The van der Waals surface area contributed by atoms with Gasteiger partial charge in [-0.2, -0.15) is 0 Å². The number of nitrogens with zero attached hydrogens (tertiary/aromatic N) is 2. The molecular formula is C16H20F2N2O. The van der Waals surface area contributed by atoms with Crippen molar-refractivity contribution in [1.29, 1.82) is 0 Å². The van der Waals surface area contributed by atoms with Crippen molar-refractivity contribution < 1.29 is 13.6 Å². The Morgan fingerprint density at radius 1 is 1.19 bits per heavy atom. The van der Waals surface area contributed by atoms with Gasteiger partial charge in [0.05, 0.1) is 11.7 Å². The van der Waals surface area contributed by atoms with Gasteiger partial charge < -0.3 is 9.80 Å². The van der Waals surface area contributed by atoms with Gasteiger partial charge in [-0.25, -0.2) is 8.78 Å². The van der Waals surface area contributed by atoms with Crippen LogP contribution in [0.15, 0.2) is 18.2 Å². The first kappa shape index (κ1) is 14.3. The highest BCUT2D eigenvalue weighted by Crippen LogP contribution is 2.26. The average Bonchev–Trinajstić information content (AvgIpc) is 3.17. The molecule has 21 heavy (non-hydrogen) atoms. The molecule has 2 aliphatic rings. The molecule has 1 atom stereocenters. The van der Waals surface area contributed by atoms with Crippen LogP contribution >= 0.6 is 0 Å². The maximum Gasteiger partial charge on any atom is 0.254 e. The maximum atomic E-state index is 14.2. The van der Waals surface area contributed by atoms with E-state index < -0.39 is 6.67 Å². The summed E-state index contributed by atoms with van der Waals surface area (Å²) in [5.74, 6) is -0.624. The summed E-state index contributed by atoms with van der Waals surface area (Å²) >= 11 is 0. The largest absolute Gasteiger partial charge is 0.369 e. The van der Waals surface area contributed by atoms with Crippen LogP contribution in [0.1, 0.15) is 36.0 Å². The van der Waals surface area contributed by atoms with Crippen LogP contribution < -0.4 is 4.90 Å². The molecule has 0 aromatic heterocycles. The van der Waals surface area contributed by atoms with Gasteiger partial charge in [-0.3, -0.25) is 4.79 Å². The zero-order valence-electron chi connectivity index (χ0n) is 12.0. The van der Waals surface area contributed by atoms with Gasteiger partial charge in [0.2, 0.25) is 0 Å². The number of carbonyl (C=O) groups excluding carboxylic acids is 1. The first-order valence-electron chi connectivity index (χ1n) is 7.62. The van der Waals surface area contributed by atoms with E-state index in [0.717, 1.165) is 32.4 Å². The zero-order chi connectivity index (χ0) is 14.8. The number of carbonyl (C=O) groups is 1. The molecule has 2 heterocycles. The Hall–Kier alpha value is -1.65. The fraction of sp³-hybridized carbons (Fsp3) is 0.562. The van der Waals surface area contributed by atoms with Gasteiger partial charge in [-0.1, -0.05) is 0 Å². The Morgan fingerprint density at radius 2 is 1.95 bits per heavy atom. The number of hydrogen-bond donors (Lipinski definition) is 0. The minimum Gasteiger partial charge on any atom is -0.369 e. The van der Waals surface area contributed by atoms with Gasteiger partial charge in [0, 0.05) is 25.2 Å². The molecule has 1 unspecified atom stereocenters. The molecule has 0 N–H and O–H groups in total. The summed E-state index contributed by atoms with van der Waals surface area (Å²) in [5.41, 5.74) is 0.878.